The number of nitrogens with one attached hydrogen (secondary N) is 2. The molecule has 2 aromatic carbocycles. The molecule has 0 aliphatic heterocycles. The Morgan fingerprint density at radius 2 is 1.78 bits per heavy atom. The molecule has 3 aromatic rings. The standard InChI is InChI=1S/C21H22N4O2/c1-14(2)17-6-4-5-7-18(17)25-20-12-19(22-13-23-20)21(26)24-15-8-10-16(27-3)11-9-15/h4-14H,1-3H3,(H,24,26)(H,22,23,25). The molecule has 3 rings (SSSR count). The summed E-state index contributed by atoms with van der Waals surface area (Å²) >= 11 is 0. The highest BCUT2D eigenvalue weighted by Crippen LogP contribution is 2.26. The van der Waals surface area contributed by atoms with Gasteiger partial charge in [-0.3, -0.25) is 4.79 Å². The van der Waals surface area contributed by atoms with Crippen molar-refractivity contribution >= 4 is 23.1 Å². The van der Waals surface area contributed by atoms with Crippen LogP contribution in [0.2, 0.25) is 0 Å². The van der Waals surface area contributed by atoms with Crippen molar-refractivity contribution in [3.05, 3.63) is 72.2 Å². The van der Waals surface area contributed by atoms with Gasteiger partial charge in [-0.25, -0.2) is 9.97 Å². The van der Waals surface area contributed by atoms with Crippen molar-refractivity contribution in [2.45, 2.75) is 19.8 Å². The monoisotopic (exact) mass is 362 g/mol. The highest BCUT2D eigenvalue weighted by atomic mass is 16.5. The van der Waals surface area contributed by atoms with E-state index in [0.29, 0.717) is 17.4 Å². The number of aromatic nitrogens is 2. The molecule has 6 nitrogen and oxygen atoms in total. The molecule has 138 valence electrons. The summed E-state index contributed by atoms with van der Waals surface area (Å²) in [6.07, 6.45) is 1.38. The van der Waals surface area contributed by atoms with Gasteiger partial charge in [-0.2, -0.15) is 0 Å². The second-order valence-corrected chi connectivity index (χ2v) is 6.34. The summed E-state index contributed by atoms with van der Waals surface area (Å²) in [6, 6.07) is 16.8. The largest absolute Gasteiger partial charge is 0.497 e. The number of anilines is 3. The van der Waals surface area contributed by atoms with Crippen LogP contribution in [0.4, 0.5) is 17.2 Å². The first-order chi connectivity index (χ1) is 13.1. The fourth-order valence-corrected chi connectivity index (χ4v) is 2.67. The van der Waals surface area contributed by atoms with E-state index in [-0.39, 0.29) is 11.6 Å². The number of benzene rings is 2. The van der Waals surface area contributed by atoms with Crippen molar-refractivity contribution in [2.24, 2.45) is 0 Å². The molecule has 0 unspecified atom stereocenters. The Morgan fingerprint density at radius 3 is 2.48 bits per heavy atom. The number of amides is 1. The van der Waals surface area contributed by atoms with Crippen LogP contribution in [0.5, 0.6) is 5.75 Å². The van der Waals surface area contributed by atoms with Gasteiger partial charge in [0.15, 0.2) is 0 Å². The molecule has 27 heavy (non-hydrogen) atoms. The third-order valence-electron chi connectivity index (χ3n) is 4.09. The number of nitrogens with zero attached hydrogens (tertiary/aromatic N) is 2. The molecular formula is C21H22N4O2. The molecule has 1 heterocycles. The van der Waals surface area contributed by atoms with Crippen molar-refractivity contribution in [1.82, 2.24) is 9.97 Å². The number of carbonyl (C=O) groups excluding carboxylic acids is 1. The lowest BCUT2D eigenvalue weighted by Gasteiger charge is -2.14. The fourth-order valence-electron chi connectivity index (χ4n) is 2.67. The van der Waals surface area contributed by atoms with Gasteiger partial charge in [-0.05, 0) is 41.8 Å². The van der Waals surface area contributed by atoms with Gasteiger partial charge in [0, 0.05) is 17.4 Å². The summed E-state index contributed by atoms with van der Waals surface area (Å²) in [5.74, 6) is 1.36. The topological polar surface area (TPSA) is 76.1 Å². The van der Waals surface area contributed by atoms with E-state index in [1.54, 1.807) is 37.4 Å². The third-order valence-corrected chi connectivity index (χ3v) is 4.09. The smallest absolute Gasteiger partial charge is 0.274 e. The Morgan fingerprint density at radius 1 is 1.04 bits per heavy atom. The minimum absolute atomic E-state index is 0.283. The van der Waals surface area contributed by atoms with Crippen molar-refractivity contribution in [3.8, 4) is 5.75 Å². The predicted molar refractivity (Wildman–Crippen MR) is 107 cm³/mol. The average Bonchev–Trinajstić information content (AvgIpc) is 2.69. The Labute approximate surface area is 158 Å². The molecule has 0 saturated carbocycles. The van der Waals surface area contributed by atoms with Crippen LogP contribution in [-0.2, 0) is 0 Å². The maximum absolute atomic E-state index is 12.5. The minimum atomic E-state index is -0.303. The zero-order chi connectivity index (χ0) is 19.2. The van der Waals surface area contributed by atoms with Gasteiger partial charge in [0.05, 0.1) is 7.11 Å². The van der Waals surface area contributed by atoms with Crippen LogP contribution in [0.3, 0.4) is 0 Å². The minimum Gasteiger partial charge on any atom is -0.497 e. The molecule has 0 bridgehead atoms. The van der Waals surface area contributed by atoms with Crippen LogP contribution in [0.15, 0.2) is 60.9 Å². The second kappa shape index (κ2) is 8.31. The normalized spacial score (nSPS) is 10.5. The first kappa shape index (κ1) is 18.4. The van der Waals surface area contributed by atoms with Crippen molar-refractivity contribution in [1.29, 1.82) is 0 Å². The lowest BCUT2D eigenvalue weighted by atomic mass is 10.0. The summed E-state index contributed by atoms with van der Waals surface area (Å²) in [7, 11) is 1.60. The molecule has 0 saturated heterocycles. The number of para-hydroxylation sites is 1. The average molecular weight is 362 g/mol. The predicted octanol–water partition coefficient (Wildman–Crippen LogP) is 4.60. The van der Waals surface area contributed by atoms with Crippen LogP contribution in [0.25, 0.3) is 0 Å². The molecule has 0 spiro atoms. The first-order valence-corrected chi connectivity index (χ1v) is 8.70. The molecule has 0 radical (unpaired) electrons. The van der Waals surface area contributed by atoms with E-state index >= 15 is 0 Å². The number of carbonyl (C=O) groups is 1. The van der Waals surface area contributed by atoms with Crippen LogP contribution in [0, 0.1) is 0 Å². The third kappa shape index (κ3) is 4.61. The molecule has 0 atom stereocenters. The zero-order valence-corrected chi connectivity index (χ0v) is 15.6. The summed E-state index contributed by atoms with van der Waals surface area (Å²) < 4.78 is 5.12. The van der Waals surface area contributed by atoms with Crippen molar-refractivity contribution < 1.29 is 9.53 Å². The van der Waals surface area contributed by atoms with Gasteiger partial charge >= 0.3 is 0 Å². The molecule has 6 heteroatoms. The number of hydrogen-bond donors (Lipinski definition) is 2. The van der Waals surface area contributed by atoms with Gasteiger partial charge in [0.25, 0.3) is 5.91 Å². The quantitative estimate of drug-likeness (QED) is 0.670. The number of ether oxygens (including phenoxy) is 1. The van der Waals surface area contributed by atoms with Crippen LogP contribution in [0.1, 0.15) is 35.8 Å². The Hall–Kier alpha value is -3.41. The van der Waals surface area contributed by atoms with E-state index in [1.165, 1.54) is 11.9 Å². The Kier molecular flexibility index (Phi) is 5.66. The SMILES string of the molecule is COc1ccc(NC(=O)c2cc(Nc3ccccc3C(C)C)ncn2)cc1. The maximum Gasteiger partial charge on any atom is 0.274 e. The van der Waals surface area contributed by atoms with Gasteiger partial charge in [0.2, 0.25) is 0 Å². The molecule has 2 N–H and O–H groups in total. The van der Waals surface area contributed by atoms with Gasteiger partial charge in [-0.1, -0.05) is 32.0 Å². The molecular weight excluding hydrogens is 340 g/mol. The van der Waals surface area contributed by atoms with E-state index in [9.17, 15) is 4.79 Å². The Bertz CT molecular complexity index is 923. The van der Waals surface area contributed by atoms with Gasteiger partial charge < -0.3 is 15.4 Å². The summed E-state index contributed by atoms with van der Waals surface area (Å²) in [5, 5.41) is 6.10. The van der Waals surface area contributed by atoms with Crippen LogP contribution < -0.4 is 15.4 Å². The molecule has 0 fully saturated rings. The summed E-state index contributed by atoms with van der Waals surface area (Å²) in [4.78, 5) is 20.8. The molecule has 1 amide bonds. The maximum atomic E-state index is 12.5. The van der Waals surface area contributed by atoms with Gasteiger partial charge in [0.1, 0.15) is 23.6 Å². The Balaban J connectivity index is 1.76. The zero-order valence-electron chi connectivity index (χ0n) is 15.6. The van der Waals surface area contributed by atoms with E-state index < -0.39 is 0 Å². The molecule has 1 aromatic heterocycles. The van der Waals surface area contributed by atoms with Crippen molar-refractivity contribution in [2.75, 3.05) is 17.7 Å². The summed E-state index contributed by atoms with van der Waals surface area (Å²) in [5.41, 5.74) is 3.09. The van der Waals surface area contributed by atoms with E-state index in [4.69, 9.17) is 4.74 Å². The second-order valence-electron chi connectivity index (χ2n) is 6.34. The van der Waals surface area contributed by atoms with Gasteiger partial charge in [-0.15, -0.1) is 0 Å². The summed E-state index contributed by atoms with van der Waals surface area (Å²) in [6.45, 7) is 4.27. The molecule has 0 aliphatic carbocycles. The van der Waals surface area contributed by atoms with E-state index in [1.807, 2.05) is 18.2 Å². The molecule has 0 aliphatic rings. The lowest BCUT2D eigenvalue weighted by Crippen LogP contribution is -2.14. The highest BCUT2D eigenvalue weighted by Gasteiger charge is 2.11. The van der Waals surface area contributed by atoms with Crippen LogP contribution >= 0.6 is 0 Å². The first-order valence-electron chi connectivity index (χ1n) is 8.70. The van der Waals surface area contributed by atoms with Crippen LogP contribution in [-0.4, -0.2) is 23.0 Å². The fraction of sp³-hybridized carbons (Fsp3) is 0.190. The highest BCUT2D eigenvalue weighted by molar-refractivity contribution is 6.03. The number of hydrogen-bond acceptors (Lipinski definition) is 5. The number of rotatable bonds is 6. The van der Waals surface area contributed by atoms with E-state index in [0.717, 1.165) is 11.4 Å². The van der Waals surface area contributed by atoms with Crippen molar-refractivity contribution in [3.63, 3.8) is 0 Å². The number of methoxy groups -OCH3 is 1. The van der Waals surface area contributed by atoms with E-state index in [2.05, 4.69) is 40.5 Å². The lowest BCUT2D eigenvalue weighted by molar-refractivity contribution is 0.102.